The predicted octanol–water partition coefficient (Wildman–Crippen LogP) is 2.71. The Morgan fingerprint density at radius 3 is 2.72 bits per heavy atom. The summed E-state index contributed by atoms with van der Waals surface area (Å²) in [5, 5.41) is 11.1. The molecule has 1 heterocycles. The second-order valence-electron chi connectivity index (χ2n) is 5.48. The molecule has 0 bridgehead atoms. The van der Waals surface area contributed by atoms with Crippen LogP contribution in [-0.2, 0) is 0 Å². The lowest BCUT2D eigenvalue weighted by Gasteiger charge is -2.43. The average Bonchev–Trinajstić information content (AvgIpc) is 2.79. The average molecular weight is 268 g/mol. The van der Waals surface area contributed by atoms with Crippen LogP contribution in [0.4, 0.5) is 0 Å². The number of hydrogen-bond acceptors (Lipinski definition) is 3. The molecule has 3 rings (SSSR count). The lowest BCUT2D eigenvalue weighted by Crippen LogP contribution is -2.56. The maximum atomic E-state index is 10.4. The van der Waals surface area contributed by atoms with Crippen molar-refractivity contribution in [2.24, 2.45) is 5.73 Å². The highest BCUT2D eigenvalue weighted by atomic mass is 35.5. The van der Waals surface area contributed by atoms with Gasteiger partial charge < -0.3 is 15.6 Å². The summed E-state index contributed by atoms with van der Waals surface area (Å²) < 4.78 is 6.16. The molecule has 1 aromatic carbocycles. The highest BCUT2D eigenvalue weighted by Crippen LogP contribution is 2.47. The van der Waals surface area contributed by atoms with E-state index in [1.807, 2.05) is 13.0 Å². The van der Waals surface area contributed by atoms with Crippen molar-refractivity contribution >= 4 is 11.6 Å². The lowest BCUT2D eigenvalue weighted by atomic mass is 9.82. The van der Waals surface area contributed by atoms with Crippen molar-refractivity contribution in [1.29, 1.82) is 0 Å². The van der Waals surface area contributed by atoms with E-state index in [4.69, 9.17) is 22.1 Å². The van der Waals surface area contributed by atoms with Crippen LogP contribution in [0.25, 0.3) is 0 Å². The molecule has 1 fully saturated rings. The van der Waals surface area contributed by atoms with Crippen LogP contribution >= 0.6 is 11.6 Å². The Kier molecular flexibility index (Phi) is 2.81. The van der Waals surface area contributed by atoms with Gasteiger partial charge in [-0.1, -0.05) is 11.6 Å². The number of benzene rings is 1. The fourth-order valence-corrected chi connectivity index (χ4v) is 3.34. The molecule has 4 heteroatoms. The molecule has 2 atom stereocenters. The zero-order valence-corrected chi connectivity index (χ0v) is 11.2. The first-order valence-electron chi connectivity index (χ1n) is 6.46. The Hall–Kier alpha value is -0.770. The minimum Gasteiger partial charge on any atom is -0.485 e. The molecule has 2 aliphatic rings. The van der Waals surface area contributed by atoms with E-state index in [-0.39, 0.29) is 11.6 Å². The predicted molar refractivity (Wildman–Crippen MR) is 71.0 cm³/mol. The first-order valence-corrected chi connectivity index (χ1v) is 6.84. The molecule has 98 valence electrons. The maximum Gasteiger partial charge on any atom is 0.127 e. The van der Waals surface area contributed by atoms with Gasteiger partial charge in [-0.05, 0) is 50.3 Å². The minimum atomic E-state index is -0.690. The molecule has 2 unspecified atom stereocenters. The Morgan fingerprint density at radius 1 is 1.39 bits per heavy atom. The third kappa shape index (κ3) is 1.65. The monoisotopic (exact) mass is 267 g/mol. The van der Waals surface area contributed by atoms with E-state index < -0.39 is 6.10 Å². The first-order chi connectivity index (χ1) is 8.53. The molecule has 0 aromatic heterocycles. The Labute approximate surface area is 112 Å². The number of rotatable bonds is 0. The molecule has 1 aromatic rings. The molecule has 0 amide bonds. The van der Waals surface area contributed by atoms with Crippen molar-refractivity contribution < 1.29 is 9.84 Å². The van der Waals surface area contributed by atoms with Gasteiger partial charge in [0, 0.05) is 10.6 Å². The summed E-state index contributed by atoms with van der Waals surface area (Å²) >= 11 is 6.10. The quantitative estimate of drug-likeness (QED) is 0.760. The second-order valence-corrected chi connectivity index (χ2v) is 5.89. The summed E-state index contributed by atoms with van der Waals surface area (Å²) in [7, 11) is 0. The van der Waals surface area contributed by atoms with E-state index >= 15 is 0 Å². The summed E-state index contributed by atoms with van der Waals surface area (Å²) in [6.45, 7) is 1.94. The van der Waals surface area contributed by atoms with Crippen molar-refractivity contribution in [3.63, 3.8) is 0 Å². The summed E-state index contributed by atoms with van der Waals surface area (Å²) in [6, 6.07) is 3.32. The molecular formula is C14H18ClNO2. The Morgan fingerprint density at radius 2 is 2.06 bits per heavy atom. The van der Waals surface area contributed by atoms with Gasteiger partial charge in [0.1, 0.15) is 17.5 Å². The largest absolute Gasteiger partial charge is 0.485 e. The first kappa shape index (κ1) is 12.3. The molecule has 1 spiro atoms. The van der Waals surface area contributed by atoms with Crippen LogP contribution in [0, 0.1) is 6.92 Å². The number of aliphatic hydroxyl groups excluding tert-OH is 1. The fraction of sp³-hybridized carbons (Fsp3) is 0.571. The summed E-state index contributed by atoms with van der Waals surface area (Å²) in [5.41, 5.74) is 7.50. The van der Waals surface area contributed by atoms with Crippen LogP contribution < -0.4 is 10.5 Å². The zero-order chi connectivity index (χ0) is 12.9. The minimum absolute atomic E-state index is 0.369. The van der Waals surface area contributed by atoms with Crippen LogP contribution in [0.15, 0.2) is 12.1 Å². The van der Waals surface area contributed by atoms with Crippen LogP contribution in [-0.4, -0.2) is 16.7 Å². The number of halogens is 1. The van der Waals surface area contributed by atoms with Gasteiger partial charge in [0.25, 0.3) is 0 Å². The topological polar surface area (TPSA) is 55.5 Å². The van der Waals surface area contributed by atoms with Crippen LogP contribution in [0.5, 0.6) is 5.75 Å². The van der Waals surface area contributed by atoms with Gasteiger partial charge in [0.2, 0.25) is 0 Å². The van der Waals surface area contributed by atoms with Crippen molar-refractivity contribution in [3.05, 3.63) is 28.3 Å². The normalized spacial score (nSPS) is 29.1. The number of ether oxygens (including phenoxy) is 1. The van der Waals surface area contributed by atoms with E-state index in [0.29, 0.717) is 5.02 Å². The van der Waals surface area contributed by atoms with Gasteiger partial charge in [-0.2, -0.15) is 0 Å². The van der Waals surface area contributed by atoms with Gasteiger partial charge in [-0.25, -0.2) is 0 Å². The van der Waals surface area contributed by atoms with Crippen molar-refractivity contribution in [2.75, 3.05) is 0 Å². The van der Waals surface area contributed by atoms with Gasteiger partial charge in [0.15, 0.2) is 0 Å². The van der Waals surface area contributed by atoms with E-state index in [2.05, 4.69) is 0 Å². The van der Waals surface area contributed by atoms with Gasteiger partial charge >= 0.3 is 0 Å². The zero-order valence-electron chi connectivity index (χ0n) is 10.4. The molecule has 0 radical (unpaired) electrons. The van der Waals surface area contributed by atoms with Crippen molar-refractivity contribution in [3.8, 4) is 5.75 Å². The van der Waals surface area contributed by atoms with Gasteiger partial charge in [-0.3, -0.25) is 0 Å². The molecule has 18 heavy (non-hydrogen) atoms. The molecule has 3 N–H and O–H groups in total. The fourth-order valence-electron chi connectivity index (χ4n) is 3.17. The van der Waals surface area contributed by atoms with Crippen LogP contribution in [0.1, 0.15) is 42.9 Å². The van der Waals surface area contributed by atoms with Crippen LogP contribution in [0.3, 0.4) is 0 Å². The van der Waals surface area contributed by atoms with E-state index in [9.17, 15) is 5.11 Å². The molecular weight excluding hydrogens is 250 g/mol. The highest BCUT2D eigenvalue weighted by molar-refractivity contribution is 6.31. The van der Waals surface area contributed by atoms with Crippen molar-refractivity contribution in [1.82, 2.24) is 0 Å². The van der Waals surface area contributed by atoms with Gasteiger partial charge in [-0.15, -0.1) is 0 Å². The van der Waals surface area contributed by atoms with E-state index in [1.54, 1.807) is 6.07 Å². The number of aryl methyl sites for hydroxylation is 1. The lowest BCUT2D eigenvalue weighted by molar-refractivity contribution is -0.0316. The molecule has 0 saturated heterocycles. The third-order valence-electron chi connectivity index (χ3n) is 4.32. The number of aliphatic hydroxyl groups is 1. The van der Waals surface area contributed by atoms with E-state index in [0.717, 1.165) is 42.6 Å². The smallest absolute Gasteiger partial charge is 0.127 e. The third-order valence-corrected chi connectivity index (χ3v) is 4.73. The van der Waals surface area contributed by atoms with E-state index in [1.165, 1.54) is 0 Å². The van der Waals surface area contributed by atoms with Crippen molar-refractivity contribution in [2.45, 2.75) is 50.4 Å². The Balaban J connectivity index is 2.08. The highest BCUT2D eigenvalue weighted by Gasteiger charge is 2.49. The summed E-state index contributed by atoms with van der Waals surface area (Å²) in [6.07, 6.45) is 3.38. The van der Waals surface area contributed by atoms with Gasteiger partial charge in [0.05, 0.1) is 6.04 Å². The maximum absolute atomic E-state index is 10.4. The molecule has 1 aliphatic heterocycles. The standard InChI is InChI=1S/C14H18ClNO2/c1-8-6-11-9(7-10(8)15)12(17)13(16)14(18-11)4-2-3-5-14/h6-7,12-13,17H,2-5,16H2,1H3. The molecule has 1 aliphatic carbocycles. The summed E-state index contributed by atoms with van der Waals surface area (Å²) in [5.74, 6) is 0.744. The number of hydrogen-bond donors (Lipinski definition) is 2. The molecule has 1 saturated carbocycles. The molecule has 3 nitrogen and oxygen atoms in total. The second kappa shape index (κ2) is 4.12. The summed E-state index contributed by atoms with van der Waals surface area (Å²) in [4.78, 5) is 0. The van der Waals surface area contributed by atoms with Crippen LogP contribution in [0.2, 0.25) is 5.02 Å². The number of nitrogens with two attached hydrogens (primary N) is 1. The SMILES string of the molecule is Cc1cc2c(cc1Cl)C(O)C(N)C1(CCCC1)O2. The Bertz CT molecular complexity index is 483. The number of fused-ring (bicyclic) bond motifs is 1.